The van der Waals surface area contributed by atoms with Gasteiger partial charge in [-0.15, -0.1) is 0 Å². The minimum atomic E-state index is -0.421. The Labute approximate surface area is 730 Å². The smallest absolute Gasteiger partial charge is 0.0714 e. The Morgan fingerprint density at radius 3 is 0.929 bits per heavy atom. The molecule has 0 aliphatic heterocycles. The summed E-state index contributed by atoms with van der Waals surface area (Å²) < 4.78 is 9.48. The van der Waals surface area contributed by atoms with Crippen molar-refractivity contribution in [3.8, 4) is 56.1 Å². The van der Waals surface area contributed by atoms with Crippen molar-refractivity contribution in [2.75, 3.05) is 16.0 Å². The molecule has 0 amide bonds. The molecule has 3 N–H and O–H groups in total. The zero-order chi connectivity index (χ0) is 83.4. The molecule has 1 aliphatic rings. The third kappa shape index (κ3) is 13.1. The molecule has 0 unspecified atom stereocenters. The van der Waals surface area contributed by atoms with E-state index in [1.165, 1.54) is 154 Å². The Kier molecular flexibility index (Phi) is 18.7. The maximum Gasteiger partial charge on any atom is 0.0714 e. The summed E-state index contributed by atoms with van der Waals surface area (Å²) in [4.78, 5) is 0. The van der Waals surface area contributed by atoms with Crippen LogP contribution in [0.1, 0.15) is 22.3 Å². The number of benzene rings is 20. The van der Waals surface area contributed by atoms with Crippen molar-refractivity contribution in [1.29, 1.82) is 0 Å². The summed E-state index contributed by atoms with van der Waals surface area (Å²) >= 11 is 0. The van der Waals surface area contributed by atoms with Crippen LogP contribution >= 0.6 is 0 Å². The van der Waals surface area contributed by atoms with Gasteiger partial charge >= 0.3 is 0 Å². The van der Waals surface area contributed by atoms with Crippen LogP contribution in [-0.2, 0) is 5.41 Å². The largest absolute Gasteiger partial charge is 0.355 e. The molecular formula is C119H83N7. The molecule has 0 bridgehead atoms. The van der Waals surface area contributed by atoms with E-state index in [0.29, 0.717) is 0 Å². The summed E-state index contributed by atoms with van der Waals surface area (Å²) in [5.41, 5.74) is 32.8. The van der Waals surface area contributed by atoms with Gasteiger partial charge in [0.2, 0.25) is 0 Å². The van der Waals surface area contributed by atoms with E-state index < -0.39 is 5.41 Å². The summed E-state index contributed by atoms with van der Waals surface area (Å²) in [7, 11) is 0. The molecule has 0 saturated heterocycles. The van der Waals surface area contributed by atoms with Gasteiger partial charge in [0.25, 0.3) is 0 Å². The number of aromatic nitrogens is 4. The highest BCUT2D eigenvalue weighted by molar-refractivity contribution is 6.22. The lowest BCUT2D eigenvalue weighted by Gasteiger charge is -2.34. The number of nitrogens with one attached hydrogen (secondary N) is 3. The molecule has 4 heterocycles. The topological polar surface area (TPSA) is 55.8 Å². The maximum absolute atomic E-state index is 3.80. The van der Waals surface area contributed by atoms with Gasteiger partial charge in [0.05, 0.1) is 49.5 Å². The lowest BCUT2D eigenvalue weighted by molar-refractivity contribution is 0.769. The van der Waals surface area contributed by atoms with Gasteiger partial charge in [-0.2, -0.15) is 0 Å². The summed E-state index contributed by atoms with van der Waals surface area (Å²) in [5.74, 6) is 0. The summed E-state index contributed by atoms with van der Waals surface area (Å²) in [6.07, 6.45) is 0. The monoisotopic (exact) mass is 1610 g/mol. The van der Waals surface area contributed by atoms with E-state index in [4.69, 9.17) is 0 Å². The third-order valence-corrected chi connectivity index (χ3v) is 25.3. The molecule has 4 aromatic heterocycles. The van der Waals surface area contributed by atoms with Crippen molar-refractivity contribution in [2.24, 2.45) is 0 Å². The second-order valence-corrected chi connectivity index (χ2v) is 32.5. The number of hydrogen-bond acceptors (Lipinski definition) is 3. The zero-order valence-electron chi connectivity index (χ0n) is 69.0. The first-order valence-corrected chi connectivity index (χ1v) is 43.2. The van der Waals surface area contributed by atoms with Crippen LogP contribution in [0.3, 0.4) is 0 Å². The molecule has 24 aromatic rings. The van der Waals surface area contributed by atoms with Crippen LogP contribution in [0.4, 0.5) is 34.1 Å². The van der Waals surface area contributed by atoms with E-state index in [0.717, 1.165) is 56.9 Å². The van der Waals surface area contributed by atoms with Crippen molar-refractivity contribution >= 4 is 132 Å². The summed E-state index contributed by atoms with van der Waals surface area (Å²) in [6, 6.07) is 174. The van der Waals surface area contributed by atoms with Gasteiger partial charge in [-0.25, -0.2) is 0 Å². The molecule has 594 valence electrons. The normalized spacial score (nSPS) is 12.0. The van der Waals surface area contributed by atoms with Crippen LogP contribution in [0.15, 0.2) is 485 Å². The number of anilines is 6. The number of rotatable bonds is 14. The first kappa shape index (κ1) is 74.3. The molecule has 1 aliphatic carbocycles. The van der Waals surface area contributed by atoms with E-state index >= 15 is 0 Å². The van der Waals surface area contributed by atoms with Crippen LogP contribution in [0.5, 0.6) is 0 Å². The highest BCUT2D eigenvalue weighted by atomic mass is 15.0. The standard InChI is InChI=1S/C43H30N2.C42H29N3.C34H24N2/c1-4-14-30(15-5-1)43(31-16-6-2-7-17-31)39-22-12-10-20-35(39)36-26-24-32(28-40(36)43)44-33-25-27-38-37-21-11-13-23-41(37)45(42(38)29-33)34-18-8-3-9-19-34;1-3-11-29(12-4-1)30-19-23-34(24-20-30)45-40-18-10-8-16-36(40)38-26-22-32(28-42(38)45)43-31-21-25-37-35-15-7-9-17-39(35)44(41(37)27-31)33-13-5-2-6-14-33;1-3-9-24(10-4-1)25-15-18-27(19-16-25)35-28-20-21-31-33(23-28)36(29-12-5-2-6-13-29)32-22-17-26-11-7-8-14-30(26)34(31)32/h1-29,44H;1-28,43H;1-23,35H. The second kappa shape index (κ2) is 31.7. The number of fused-ring (bicyclic) bond motifs is 17. The SMILES string of the molecule is c1ccc(-c2ccc(-n3c4ccccc4c4ccc(Nc5ccc6c7ccccc7n(-c7ccccc7)c6c5)cc43)cc2)cc1.c1ccc(-c2ccc(Nc3ccc4c5c6ccccc6ccc5n(-c5ccccc5)c4c3)cc2)cc1.c1ccc(-n2c3ccccc3c3ccc(Nc4ccc5c(c4)C(c4ccccc4)(c4ccccc4)c4ccccc4-5)cc32)cc1. The lowest BCUT2D eigenvalue weighted by Crippen LogP contribution is -2.28. The van der Waals surface area contributed by atoms with E-state index in [-0.39, 0.29) is 0 Å². The van der Waals surface area contributed by atoms with Crippen molar-refractivity contribution in [3.05, 3.63) is 508 Å². The van der Waals surface area contributed by atoms with Gasteiger partial charge < -0.3 is 34.2 Å². The molecule has 126 heavy (non-hydrogen) atoms. The Balaban J connectivity index is 0.000000109. The predicted molar refractivity (Wildman–Crippen MR) is 532 cm³/mol. The highest BCUT2D eigenvalue weighted by Crippen LogP contribution is 2.57. The van der Waals surface area contributed by atoms with Crippen molar-refractivity contribution in [2.45, 2.75) is 5.41 Å². The predicted octanol–water partition coefficient (Wildman–Crippen LogP) is 31.5. The van der Waals surface area contributed by atoms with Crippen molar-refractivity contribution < 1.29 is 0 Å². The van der Waals surface area contributed by atoms with Crippen LogP contribution in [0.25, 0.3) is 154 Å². The average Bonchev–Trinajstić information content (AvgIpc) is 1.52. The molecular weight excluding hydrogens is 1530 g/mol. The second-order valence-electron chi connectivity index (χ2n) is 32.5. The van der Waals surface area contributed by atoms with Gasteiger partial charge in [0, 0.05) is 100.0 Å². The third-order valence-electron chi connectivity index (χ3n) is 25.3. The first-order chi connectivity index (χ1) is 62.5. The quantitative estimate of drug-likeness (QED) is 0.102. The van der Waals surface area contributed by atoms with Gasteiger partial charge in [-0.3, -0.25) is 0 Å². The van der Waals surface area contributed by atoms with Gasteiger partial charge in [0.15, 0.2) is 0 Å². The Morgan fingerprint density at radius 2 is 0.468 bits per heavy atom. The van der Waals surface area contributed by atoms with Crippen LogP contribution in [0, 0.1) is 0 Å². The fraction of sp³-hybridized carbons (Fsp3) is 0.00840. The molecule has 20 aromatic carbocycles. The van der Waals surface area contributed by atoms with E-state index in [9.17, 15) is 0 Å². The summed E-state index contributed by atoms with van der Waals surface area (Å²) in [6.45, 7) is 0. The first-order valence-electron chi connectivity index (χ1n) is 43.2. The molecule has 0 saturated carbocycles. The van der Waals surface area contributed by atoms with Gasteiger partial charge in [-0.05, 0) is 212 Å². The minimum absolute atomic E-state index is 0.421. The Hall–Kier alpha value is -16.7. The Morgan fingerprint density at radius 1 is 0.167 bits per heavy atom. The highest BCUT2D eigenvalue weighted by Gasteiger charge is 2.46. The van der Waals surface area contributed by atoms with Crippen molar-refractivity contribution in [3.63, 3.8) is 0 Å². The van der Waals surface area contributed by atoms with E-state index in [2.05, 4.69) is 513 Å². The van der Waals surface area contributed by atoms with Crippen LogP contribution in [0.2, 0.25) is 0 Å². The minimum Gasteiger partial charge on any atom is -0.355 e. The fourth-order valence-corrected chi connectivity index (χ4v) is 19.7. The number of para-hydroxylation sites is 6. The average molecular weight is 1610 g/mol. The Bertz CT molecular complexity index is 8140. The van der Waals surface area contributed by atoms with Crippen molar-refractivity contribution in [1.82, 2.24) is 18.3 Å². The molecule has 25 rings (SSSR count). The molecule has 0 radical (unpaired) electrons. The van der Waals surface area contributed by atoms with Gasteiger partial charge in [0.1, 0.15) is 0 Å². The molecule has 0 fully saturated rings. The van der Waals surface area contributed by atoms with E-state index in [1.54, 1.807) is 0 Å². The van der Waals surface area contributed by atoms with Crippen LogP contribution in [-0.4, -0.2) is 18.3 Å². The number of hydrogen-bond donors (Lipinski definition) is 3. The van der Waals surface area contributed by atoms with Crippen LogP contribution < -0.4 is 16.0 Å². The molecule has 7 nitrogen and oxygen atoms in total. The van der Waals surface area contributed by atoms with E-state index in [1.807, 2.05) is 6.07 Å². The summed E-state index contributed by atoms with van der Waals surface area (Å²) in [5, 5.41) is 23.8. The lowest BCUT2D eigenvalue weighted by atomic mass is 9.67. The number of nitrogens with zero attached hydrogens (tertiary/aromatic N) is 4. The molecule has 0 atom stereocenters. The maximum atomic E-state index is 3.80. The fourth-order valence-electron chi connectivity index (χ4n) is 19.7. The zero-order valence-corrected chi connectivity index (χ0v) is 69.0. The molecule has 7 heteroatoms. The van der Waals surface area contributed by atoms with Gasteiger partial charge in [-0.1, -0.05) is 340 Å². The molecule has 0 spiro atoms.